The number of methoxy groups -OCH3 is 1. The molecule has 1 aromatic rings. The molecule has 0 radical (unpaired) electrons. The Morgan fingerprint density at radius 3 is 3.00 bits per heavy atom. The molecule has 0 bridgehead atoms. The van der Waals surface area contributed by atoms with Gasteiger partial charge in [0.15, 0.2) is 0 Å². The van der Waals surface area contributed by atoms with Crippen molar-refractivity contribution in [1.82, 2.24) is 10.2 Å². The van der Waals surface area contributed by atoms with E-state index in [4.69, 9.17) is 10.5 Å². The van der Waals surface area contributed by atoms with E-state index in [9.17, 15) is 4.79 Å². The van der Waals surface area contributed by atoms with Gasteiger partial charge in [-0.25, -0.2) is 0 Å². The van der Waals surface area contributed by atoms with Crippen molar-refractivity contribution in [3.63, 3.8) is 0 Å². The van der Waals surface area contributed by atoms with Crippen molar-refractivity contribution >= 4 is 11.6 Å². The smallest absolute Gasteiger partial charge is 0.217 e. The molecule has 1 amide bonds. The van der Waals surface area contributed by atoms with E-state index in [1.165, 1.54) is 0 Å². The number of nitrogen functional groups attached to an aromatic ring is 1. The predicted octanol–water partition coefficient (Wildman–Crippen LogP) is 0.988. The zero-order chi connectivity index (χ0) is 13.8. The SMILES string of the molecule is COc1cc(N)cc(CN2CCC(NC(C)=O)C2)c1. The Labute approximate surface area is 113 Å². The van der Waals surface area contributed by atoms with Crippen molar-refractivity contribution in [3.8, 4) is 5.75 Å². The summed E-state index contributed by atoms with van der Waals surface area (Å²) in [5.41, 5.74) is 7.70. The average molecular weight is 263 g/mol. The van der Waals surface area contributed by atoms with Crippen LogP contribution in [0.5, 0.6) is 5.75 Å². The largest absolute Gasteiger partial charge is 0.497 e. The number of anilines is 1. The first-order valence-corrected chi connectivity index (χ1v) is 6.49. The molecule has 1 fully saturated rings. The van der Waals surface area contributed by atoms with Gasteiger partial charge < -0.3 is 15.8 Å². The van der Waals surface area contributed by atoms with E-state index in [1.54, 1.807) is 14.0 Å². The molecule has 19 heavy (non-hydrogen) atoms. The van der Waals surface area contributed by atoms with Crippen LogP contribution < -0.4 is 15.8 Å². The summed E-state index contributed by atoms with van der Waals surface area (Å²) in [6, 6.07) is 6.05. The molecular formula is C14H21N3O2. The maximum atomic E-state index is 11.0. The number of benzene rings is 1. The number of nitrogens with zero attached hydrogens (tertiary/aromatic N) is 1. The van der Waals surface area contributed by atoms with Gasteiger partial charge in [-0.05, 0) is 24.1 Å². The lowest BCUT2D eigenvalue weighted by atomic mass is 10.2. The second-order valence-corrected chi connectivity index (χ2v) is 5.04. The molecule has 2 rings (SSSR count). The molecule has 0 aromatic heterocycles. The Bertz CT molecular complexity index is 462. The molecule has 3 N–H and O–H groups in total. The van der Waals surface area contributed by atoms with Gasteiger partial charge in [0, 0.05) is 44.4 Å². The highest BCUT2D eigenvalue weighted by Gasteiger charge is 2.22. The molecular weight excluding hydrogens is 242 g/mol. The molecule has 5 nitrogen and oxygen atoms in total. The first-order valence-electron chi connectivity index (χ1n) is 6.49. The molecule has 1 aromatic carbocycles. The van der Waals surface area contributed by atoms with Gasteiger partial charge in [-0.3, -0.25) is 9.69 Å². The predicted molar refractivity (Wildman–Crippen MR) is 74.9 cm³/mol. The average Bonchev–Trinajstić information content (AvgIpc) is 2.74. The summed E-state index contributed by atoms with van der Waals surface area (Å²) in [7, 11) is 1.64. The molecule has 0 aliphatic carbocycles. The fourth-order valence-corrected chi connectivity index (χ4v) is 2.53. The number of amides is 1. The first kappa shape index (κ1) is 13.7. The van der Waals surface area contributed by atoms with Crippen molar-refractivity contribution < 1.29 is 9.53 Å². The maximum absolute atomic E-state index is 11.0. The van der Waals surface area contributed by atoms with Crippen LogP contribution in [0.2, 0.25) is 0 Å². The Balaban J connectivity index is 1.95. The summed E-state index contributed by atoms with van der Waals surface area (Å²) < 4.78 is 5.22. The highest BCUT2D eigenvalue weighted by molar-refractivity contribution is 5.73. The summed E-state index contributed by atoms with van der Waals surface area (Å²) >= 11 is 0. The van der Waals surface area contributed by atoms with Crippen molar-refractivity contribution in [2.45, 2.75) is 25.9 Å². The van der Waals surface area contributed by atoms with Crippen LogP contribution >= 0.6 is 0 Å². The van der Waals surface area contributed by atoms with Crippen LogP contribution in [0.25, 0.3) is 0 Å². The second-order valence-electron chi connectivity index (χ2n) is 5.04. The molecule has 0 spiro atoms. The topological polar surface area (TPSA) is 67.6 Å². The number of hydrogen-bond donors (Lipinski definition) is 2. The normalized spacial score (nSPS) is 19.4. The second kappa shape index (κ2) is 5.93. The highest BCUT2D eigenvalue weighted by atomic mass is 16.5. The third kappa shape index (κ3) is 3.86. The minimum atomic E-state index is 0.0393. The quantitative estimate of drug-likeness (QED) is 0.795. The van der Waals surface area contributed by atoms with E-state index < -0.39 is 0 Å². The zero-order valence-corrected chi connectivity index (χ0v) is 11.5. The third-order valence-corrected chi connectivity index (χ3v) is 3.31. The van der Waals surface area contributed by atoms with Gasteiger partial charge in [-0.2, -0.15) is 0 Å². The van der Waals surface area contributed by atoms with Gasteiger partial charge in [-0.15, -0.1) is 0 Å². The first-order chi connectivity index (χ1) is 9.06. The van der Waals surface area contributed by atoms with E-state index in [0.717, 1.165) is 37.4 Å². The van der Waals surface area contributed by atoms with Gasteiger partial charge in [-0.1, -0.05) is 0 Å². The lowest BCUT2D eigenvalue weighted by molar-refractivity contribution is -0.119. The van der Waals surface area contributed by atoms with Crippen molar-refractivity contribution in [1.29, 1.82) is 0 Å². The number of ether oxygens (including phenoxy) is 1. The Hall–Kier alpha value is -1.75. The van der Waals surface area contributed by atoms with Crippen LogP contribution in [0, 0.1) is 0 Å². The standard InChI is InChI=1S/C14H21N3O2/c1-10(18)16-13-3-4-17(9-13)8-11-5-12(15)7-14(6-11)19-2/h5-7,13H,3-4,8-9,15H2,1-2H3,(H,16,18). The van der Waals surface area contributed by atoms with Crippen LogP contribution in [-0.2, 0) is 11.3 Å². The van der Waals surface area contributed by atoms with Crippen molar-refractivity contribution in [2.75, 3.05) is 25.9 Å². The van der Waals surface area contributed by atoms with Gasteiger partial charge in [0.1, 0.15) is 5.75 Å². The van der Waals surface area contributed by atoms with Crippen LogP contribution in [0.3, 0.4) is 0 Å². The summed E-state index contributed by atoms with van der Waals surface area (Å²) in [4.78, 5) is 13.3. The zero-order valence-electron chi connectivity index (χ0n) is 11.5. The minimum absolute atomic E-state index is 0.0393. The summed E-state index contributed by atoms with van der Waals surface area (Å²) in [5, 5.41) is 2.96. The summed E-state index contributed by atoms with van der Waals surface area (Å²) in [6.07, 6.45) is 0.999. The molecule has 1 saturated heterocycles. The number of rotatable bonds is 4. The Kier molecular flexibility index (Phi) is 4.27. The molecule has 1 aliphatic rings. The van der Waals surface area contributed by atoms with Crippen LogP contribution in [0.15, 0.2) is 18.2 Å². The summed E-state index contributed by atoms with van der Waals surface area (Å²) in [6.45, 7) is 4.27. The Morgan fingerprint density at radius 1 is 1.53 bits per heavy atom. The van der Waals surface area contributed by atoms with E-state index in [2.05, 4.69) is 10.2 Å². The molecule has 5 heteroatoms. The number of likely N-dealkylation sites (tertiary alicyclic amines) is 1. The van der Waals surface area contributed by atoms with E-state index in [0.29, 0.717) is 5.69 Å². The van der Waals surface area contributed by atoms with Gasteiger partial charge in [0.05, 0.1) is 7.11 Å². The van der Waals surface area contributed by atoms with E-state index >= 15 is 0 Å². The highest BCUT2D eigenvalue weighted by Crippen LogP contribution is 2.21. The van der Waals surface area contributed by atoms with Crippen molar-refractivity contribution in [3.05, 3.63) is 23.8 Å². The molecule has 1 atom stereocenters. The van der Waals surface area contributed by atoms with E-state index in [-0.39, 0.29) is 11.9 Å². The van der Waals surface area contributed by atoms with Crippen LogP contribution in [-0.4, -0.2) is 37.0 Å². The molecule has 1 aliphatic heterocycles. The lowest BCUT2D eigenvalue weighted by Gasteiger charge is -2.17. The number of carbonyl (C=O) groups excluding carboxylic acids is 1. The maximum Gasteiger partial charge on any atom is 0.217 e. The molecule has 1 heterocycles. The lowest BCUT2D eigenvalue weighted by Crippen LogP contribution is -2.35. The van der Waals surface area contributed by atoms with Crippen LogP contribution in [0.1, 0.15) is 18.9 Å². The number of nitrogens with two attached hydrogens (primary N) is 1. The van der Waals surface area contributed by atoms with Gasteiger partial charge in [0.2, 0.25) is 5.91 Å². The monoisotopic (exact) mass is 263 g/mol. The third-order valence-electron chi connectivity index (χ3n) is 3.31. The summed E-state index contributed by atoms with van der Waals surface area (Å²) in [5.74, 6) is 0.824. The van der Waals surface area contributed by atoms with Gasteiger partial charge in [0.25, 0.3) is 0 Å². The number of carbonyl (C=O) groups is 1. The van der Waals surface area contributed by atoms with Crippen LogP contribution in [0.4, 0.5) is 5.69 Å². The number of nitrogens with one attached hydrogen (secondary N) is 1. The molecule has 1 unspecified atom stereocenters. The molecule has 104 valence electrons. The number of hydrogen-bond acceptors (Lipinski definition) is 4. The van der Waals surface area contributed by atoms with E-state index in [1.807, 2.05) is 18.2 Å². The van der Waals surface area contributed by atoms with Gasteiger partial charge >= 0.3 is 0 Å². The Morgan fingerprint density at radius 2 is 2.32 bits per heavy atom. The minimum Gasteiger partial charge on any atom is -0.497 e. The molecule has 0 saturated carbocycles. The van der Waals surface area contributed by atoms with Crippen molar-refractivity contribution in [2.24, 2.45) is 0 Å². The fourth-order valence-electron chi connectivity index (χ4n) is 2.53. The fraction of sp³-hybridized carbons (Fsp3) is 0.500.